The van der Waals surface area contributed by atoms with Crippen LogP contribution in [0.2, 0.25) is 0 Å². The molecule has 0 aromatic carbocycles. The SMILES string of the molecule is CCN1C=CC(/C(NC)=C(C)/N=C/N)=CC1C. The Kier molecular flexibility index (Phi) is 4.82. The van der Waals surface area contributed by atoms with Crippen molar-refractivity contribution in [1.82, 2.24) is 10.2 Å². The lowest BCUT2D eigenvalue weighted by Crippen LogP contribution is -2.29. The first-order valence-electron chi connectivity index (χ1n) is 5.93. The van der Waals surface area contributed by atoms with E-state index in [9.17, 15) is 0 Å². The van der Waals surface area contributed by atoms with E-state index in [0.717, 1.165) is 23.5 Å². The molecule has 0 radical (unpaired) electrons. The second kappa shape index (κ2) is 6.13. The highest BCUT2D eigenvalue weighted by molar-refractivity contribution is 5.55. The average Bonchev–Trinajstić information content (AvgIpc) is 2.30. The van der Waals surface area contributed by atoms with Crippen LogP contribution in [0.25, 0.3) is 0 Å². The van der Waals surface area contributed by atoms with E-state index in [1.807, 2.05) is 14.0 Å². The molecular weight excluding hydrogens is 212 g/mol. The zero-order valence-electron chi connectivity index (χ0n) is 11.1. The van der Waals surface area contributed by atoms with Gasteiger partial charge in [0.2, 0.25) is 0 Å². The summed E-state index contributed by atoms with van der Waals surface area (Å²) in [7, 11) is 1.90. The number of nitrogens with two attached hydrogens (primary N) is 1. The molecule has 0 amide bonds. The van der Waals surface area contributed by atoms with E-state index in [-0.39, 0.29) is 0 Å². The van der Waals surface area contributed by atoms with Crippen LogP contribution >= 0.6 is 0 Å². The maximum atomic E-state index is 5.32. The van der Waals surface area contributed by atoms with Crippen molar-refractivity contribution in [1.29, 1.82) is 0 Å². The Balaban J connectivity index is 3.01. The molecule has 0 bridgehead atoms. The molecule has 0 saturated carbocycles. The molecule has 4 nitrogen and oxygen atoms in total. The Morgan fingerprint density at radius 3 is 2.82 bits per heavy atom. The lowest BCUT2D eigenvalue weighted by atomic mass is 10.0. The minimum absolute atomic E-state index is 0.401. The van der Waals surface area contributed by atoms with Crippen LogP contribution < -0.4 is 11.1 Å². The van der Waals surface area contributed by atoms with Gasteiger partial charge in [-0.2, -0.15) is 0 Å². The summed E-state index contributed by atoms with van der Waals surface area (Å²) in [6, 6.07) is 0.401. The van der Waals surface area contributed by atoms with Gasteiger partial charge in [-0.25, -0.2) is 4.99 Å². The minimum Gasteiger partial charge on any atom is -0.390 e. The van der Waals surface area contributed by atoms with E-state index >= 15 is 0 Å². The van der Waals surface area contributed by atoms with Crippen LogP contribution in [0.1, 0.15) is 20.8 Å². The van der Waals surface area contributed by atoms with E-state index in [1.165, 1.54) is 6.34 Å². The third-order valence-electron chi connectivity index (χ3n) is 2.92. The number of allylic oxidation sites excluding steroid dienone is 2. The van der Waals surface area contributed by atoms with Crippen LogP contribution in [-0.2, 0) is 0 Å². The Morgan fingerprint density at radius 2 is 2.35 bits per heavy atom. The summed E-state index contributed by atoms with van der Waals surface area (Å²) in [5.74, 6) is 0. The van der Waals surface area contributed by atoms with Crippen molar-refractivity contribution in [3.8, 4) is 0 Å². The van der Waals surface area contributed by atoms with Crippen molar-refractivity contribution < 1.29 is 0 Å². The first kappa shape index (κ1) is 13.4. The molecular formula is C13H22N4. The Morgan fingerprint density at radius 1 is 1.65 bits per heavy atom. The van der Waals surface area contributed by atoms with Gasteiger partial charge in [-0.05, 0) is 32.4 Å². The summed E-state index contributed by atoms with van der Waals surface area (Å²) in [5, 5.41) is 3.18. The van der Waals surface area contributed by atoms with Crippen molar-refractivity contribution in [3.05, 3.63) is 35.3 Å². The number of aliphatic imine (C=N–C) groups is 1. The molecule has 17 heavy (non-hydrogen) atoms. The number of rotatable bonds is 4. The first-order valence-corrected chi connectivity index (χ1v) is 5.93. The smallest absolute Gasteiger partial charge is 0.0857 e. The highest BCUT2D eigenvalue weighted by Crippen LogP contribution is 2.20. The van der Waals surface area contributed by atoms with Crippen molar-refractivity contribution in [2.24, 2.45) is 10.7 Å². The van der Waals surface area contributed by atoms with Crippen LogP contribution in [0.15, 0.2) is 40.3 Å². The van der Waals surface area contributed by atoms with Gasteiger partial charge in [0.15, 0.2) is 0 Å². The quantitative estimate of drug-likeness (QED) is 0.573. The van der Waals surface area contributed by atoms with Crippen molar-refractivity contribution >= 4 is 6.34 Å². The molecule has 0 aliphatic carbocycles. The normalized spacial score (nSPS) is 21.5. The second-order valence-electron chi connectivity index (χ2n) is 4.00. The van der Waals surface area contributed by atoms with Gasteiger partial charge in [0.1, 0.15) is 0 Å². The average molecular weight is 234 g/mol. The lowest BCUT2D eigenvalue weighted by Gasteiger charge is -2.28. The standard InChI is InChI=1S/C13H22N4/c1-5-17-7-6-12(8-10(17)2)13(15-4)11(3)16-9-14/h6-10,15H,5H2,1-4H3,(H2,14,16)/b13-11-. The molecule has 3 N–H and O–H groups in total. The van der Waals surface area contributed by atoms with Crippen LogP contribution in [0, 0.1) is 0 Å². The molecule has 0 spiro atoms. The maximum Gasteiger partial charge on any atom is 0.0857 e. The van der Waals surface area contributed by atoms with Crippen molar-refractivity contribution in [2.75, 3.05) is 13.6 Å². The van der Waals surface area contributed by atoms with Gasteiger partial charge in [-0.15, -0.1) is 0 Å². The lowest BCUT2D eigenvalue weighted by molar-refractivity contribution is 0.348. The third-order valence-corrected chi connectivity index (χ3v) is 2.92. The zero-order chi connectivity index (χ0) is 12.8. The molecule has 0 fully saturated rings. The molecule has 1 aliphatic rings. The van der Waals surface area contributed by atoms with Crippen LogP contribution in [0.3, 0.4) is 0 Å². The molecule has 1 aliphatic heterocycles. The van der Waals surface area contributed by atoms with Crippen LogP contribution in [-0.4, -0.2) is 30.9 Å². The molecule has 94 valence electrons. The maximum absolute atomic E-state index is 5.32. The van der Waals surface area contributed by atoms with Gasteiger partial charge < -0.3 is 16.0 Å². The monoisotopic (exact) mass is 234 g/mol. The fourth-order valence-corrected chi connectivity index (χ4v) is 1.99. The van der Waals surface area contributed by atoms with Gasteiger partial charge >= 0.3 is 0 Å². The fourth-order valence-electron chi connectivity index (χ4n) is 1.99. The van der Waals surface area contributed by atoms with E-state index < -0.39 is 0 Å². The first-order chi connectivity index (χ1) is 8.13. The largest absolute Gasteiger partial charge is 0.390 e. The molecule has 1 unspecified atom stereocenters. The number of likely N-dealkylation sites (N-methyl/N-ethyl adjacent to an activating group) is 2. The number of nitrogens with zero attached hydrogens (tertiary/aromatic N) is 2. The summed E-state index contributed by atoms with van der Waals surface area (Å²) < 4.78 is 0. The van der Waals surface area contributed by atoms with Gasteiger partial charge in [-0.1, -0.05) is 6.08 Å². The Bertz CT molecular complexity index is 377. The van der Waals surface area contributed by atoms with E-state index in [4.69, 9.17) is 5.73 Å². The molecule has 4 heteroatoms. The van der Waals surface area contributed by atoms with Crippen LogP contribution in [0.4, 0.5) is 0 Å². The van der Waals surface area contributed by atoms with Crippen molar-refractivity contribution in [3.63, 3.8) is 0 Å². The Hall–Kier alpha value is -1.71. The zero-order valence-corrected chi connectivity index (χ0v) is 11.1. The highest BCUT2D eigenvalue weighted by atomic mass is 15.1. The Labute approximate surface area is 104 Å². The molecule has 0 aromatic heterocycles. The van der Waals surface area contributed by atoms with Crippen molar-refractivity contribution in [2.45, 2.75) is 26.8 Å². The third kappa shape index (κ3) is 3.12. The number of hydrogen-bond donors (Lipinski definition) is 2. The van der Waals surface area contributed by atoms with E-state index in [2.05, 4.69) is 47.4 Å². The molecule has 1 rings (SSSR count). The number of hydrogen-bond acceptors (Lipinski definition) is 3. The molecule has 0 saturated heterocycles. The van der Waals surface area contributed by atoms with E-state index in [1.54, 1.807) is 0 Å². The second-order valence-corrected chi connectivity index (χ2v) is 4.00. The fraction of sp³-hybridized carbons (Fsp3) is 0.462. The molecule has 1 heterocycles. The summed E-state index contributed by atoms with van der Waals surface area (Å²) in [6.45, 7) is 7.29. The summed E-state index contributed by atoms with van der Waals surface area (Å²) >= 11 is 0. The van der Waals surface area contributed by atoms with Crippen LogP contribution in [0.5, 0.6) is 0 Å². The predicted molar refractivity (Wildman–Crippen MR) is 73.5 cm³/mol. The predicted octanol–water partition coefficient (Wildman–Crippen LogP) is 1.59. The molecule has 0 aromatic rings. The summed E-state index contributed by atoms with van der Waals surface area (Å²) in [4.78, 5) is 6.39. The van der Waals surface area contributed by atoms with Gasteiger partial charge in [0.25, 0.3) is 0 Å². The number of nitrogens with one attached hydrogen (secondary N) is 1. The van der Waals surface area contributed by atoms with Gasteiger partial charge in [0.05, 0.1) is 17.7 Å². The van der Waals surface area contributed by atoms with Gasteiger partial charge in [-0.3, -0.25) is 0 Å². The van der Waals surface area contributed by atoms with E-state index in [0.29, 0.717) is 6.04 Å². The van der Waals surface area contributed by atoms with Gasteiger partial charge in [0, 0.05) is 25.8 Å². The highest BCUT2D eigenvalue weighted by Gasteiger charge is 2.14. The summed E-state index contributed by atoms with van der Waals surface area (Å²) in [5.41, 5.74) is 8.39. The minimum atomic E-state index is 0.401. The molecule has 1 atom stereocenters. The topological polar surface area (TPSA) is 53.6 Å². The summed E-state index contributed by atoms with van der Waals surface area (Å²) in [6.07, 6.45) is 7.77.